The van der Waals surface area contributed by atoms with Gasteiger partial charge in [-0.2, -0.15) is 0 Å². The fraction of sp³-hybridized carbons (Fsp3) is 0.600. The highest BCUT2D eigenvalue weighted by Gasteiger charge is 2.26. The number of carbonyl (C=O) groups is 2. The highest BCUT2D eigenvalue weighted by Crippen LogP contribution is 2.33. The van der Waals surface area contributed by atoms with Crippen molar-refractivity contribution in [1.29, 1.82) is 0 Å². The van der Waals surface area contributed by atoms with E-state index in [1.165, 1.54) is 6.07 Å². The zero-order valence-corrected chi connectivity index (χ0v) is 17.3. The molecule has 29 heavy (non-hydrogen) atoms. The molecule has 1 aromatic carbocycles. The molecule has 9 nitrogen and oxygen atoms in total. The number of benzene rings is 1. The summed E-state index contributed by atoms with van der Waals surface area (Å²) in [5.41, 5.74) is 5.91. The van der Waals surface area contributed by atoms with Crippen molar-refractivity contribution in [1.82, 2.24) is 5.32 Å². The molecule has 0 aromatic heterocycles. The Balaban J connectivity index is 2.01. The molecule has 1 unspecified atom stereocenters. The van der Waals surface area contributed by atoms with E-state index in [9.17, 15) is 19.7 Å². The zero-order valence-electron chi connectivity index (χ0n) is 17.3. The van der Waals surface area contributed by atoms with Crippen molar-refractivity contribution in [3.8, 4) is 0 Å². The molecule has 160 valence electrons. The summed E-state index contributed by atoms with van der Waals surface area (Å²) < 4.78 is 5.23. The number of anilines is 1. The van der Waals surface area contributed by atoms with Crippen LogP contribution in [-0.4, -0.2) is 42.2 Å². The first-order valence-electron chi connectivity index (χ1n) is 9.82. The molecule has 1 fully saturated rings. The largest absolute Gasteiger partial charge is 0.444 e. The number of hydrogen-bond acceptors (Lipinski definition) is 6. The number of piperidine rings is 1. The second kappa shape index (κ2) is 9.58. The van der Waals surface area contributed by atoms with E-state index in [1.807, 2.05) is 25.7 Å². The van der Waals surface area contributed by atoms with Crippen molar-refractivity contribution >= 4 is 23.4 Å². The molecule has 1 atom stereocenters. The third kappa shape index (κ3) is 7.24. The monoisotopic (exact) mass is 406 g/mol. The molecule has 0 radical (unpaired) electrons. The van der Waals surface area contributed by atoms with Gasteiger partial charge in [0.25, 0.3) is 5.69 Å². The van der Waals surface area contributed by atoms with Gasteiger partial charge < -0.3 is 20.7 Å². The van der Waals surface area contributed by atoms with Gasteiger partial charge in [-0.25, -0.2) is 4.79 Å². The number of carbonyl (C=O) groups excluding carboxylic acids is 2. The molecule has 1 saturated heterocycles. The van der Waals surface area contributed by atoms with Crippen LogP contribution in [0.25, 0.3) is 0 Å². The summed E-state index contributed by atoms with van der Waals surface area (Å²) in [6.45, 7) is 7.27. The zero-order chi connectivity index (χ0) is 21.6. The van der Waals surface area contributed by atoms with Crippen LogP contribution in [0.2, 0.25) is 0 Å². The lowest BCUT2D eigenvalue weighted by Gasteiger charge is -2.34. The number of nitrogens with zero attached hydrogens (tertiary/aromatic N) is 2. The van der Waals surface area contributed by atoms with E-state index in [2.05, 4.69) is 5.32 Å². The fourth-order valence-electron chi connectivity index (χ4n) is 3.50. The minimum Gasteiger partial charge on any atom is -0.444 e. The Kier molecular flexibility index (Phi) is 7.41. The number of alkyl carbamates (subject to hydrolysis) is 1. The van der Waals surface area contributed by atoms with Crippen LogP contribution in [0.15, 0.2) is 18.2 Å². The smallest absolute Gasteiger partial charge is 0.407 e. The quantitative estimate of drug-likeness (QED) is 0.529. The first kappa shape index (κ1) is 22.4. The molecule has 1 aliphatic rings. The van der Waals surface area contributed by atoms with Crippen LogP contribution in [0.3, 0.4) is 0 Å². The molecular formula is C20H30N4O5. The molecule has 0 aliphatic carbocycles. The molecule has 2 rings (SSSR count). The topological polar surface area (TPSA) is 128 Å². The van der Waals surface area contributed by atoms with E-state index in [1.54, 1.807) is 12.1 Å². The maximum Gasteiger partial charge on any atom is 0.407 e. The van der Waals surface area contributed by atoms with E-state index in [-0.39, 0.29) is 18.0 Å². The standard InChI is InChI=1S/C20H30N4O5/c1-20(2,3)29-19(26)22-9-8-14-5-4-10-23(13-14)17-11-15(12-18(21)25)6-7-16(17)24(27)28/h6-7,11,14H,4-5,8-10,12-13H2,1-3H3,(H2,21,25)(H,22,26). The van der Waals surface area contributed by atoms with Gasteiger partial charge in [0.15, 0.2) is 0 Å². The van der Waals surface area contributed by atoms with Gasteiger partial charge in [-0.3, -0.25) is 14.9 Å². The second-order valence-electron chi connectivity index (χ2n) is 8.39. The third-order valence-corrected chi connectivity index (χ3v) is 4.70. The summed E-state index contributed by atoms with van der Waals surface area (Å²) in [4.78, 5) is 36.0. The molecule has 9 heteroatoms. The van der Waals surface area contributed by atoms with Gasteiger partial charge in [-0.05, 0) is 57.6 Å². The first-order chi connectivity index (χ1) is 13.5. The van der Waals surface area contributed by atoms with Gasteiger partial charge in [0.05, 0.1) is 11.3 Å². The Morgan fingerprint density at radius 1 is 1.38 bits per heavy atom. The average molecular weight is 406 g/mol. The van der Waals surface area contributed by atoms with Crippen molar-refractivity contribution in [3.63, 3.8) is 0 Å². The highest BCUT2D eigenvalue weighted by atomic mass is 16.6. The van der Waals surface area contributed by atoms with E-state index < -0.39 is 22.5 Å². The lowest BCUT2D eigenvalue weighted by molar-refractivity contribution is -0.384. The Morgan fingerprint density at radius 3 is 2.72 bits per heavy atom. The molecule has 0 bridgehead atoms. The van der Waals surface area contributed by atoms with Crippen LogP contribution >= 0.6 is 0 Å². The molecule has 0 spiro atoms. The average Bonchev–Trinajstić information content (AvgIpc) is 2.59. The second-order valence-corrected chi connectivity index (χ2v) is 8.39. The lowest BCUT2D eigenvalue weighted by atomic mass is 9.94. The van der Waals surface area contributed by atoms with Gasteiger partial charge in [0, 0.05) is 25.7 Å². The van der Waals surface area contributed by atoms with Crippen molar-refractivity contribution < 1.29 is 19.2 Å². The fourth-order valence-corrected chi connectivity index (χ4v) is 3.50. The van der Waals surface area contributed by atoms with Gasteiger partial charge in [-0.15, -0.1) is 0 Å². The summed E-state index contributed by atoms with van der Waals surface area (Å²) in [5.74, 6) is -0.187. The maximum absolute atomic E-state index is 11.8. The molecule has 0 saturated carbocycles. The van der Waals surface area contributed by atoms with Gasteiger partial charge in [0.2, 0.25) is 5.91 Å². The van der Waals surface area contributed by atoms with E-state index in [0.717, 1.165) is 19.3 Å². The van der Waals surface area contributed by atoms with Crippen LogP contribution < -0.4 is 16.0 Å². The SMILES string of the molecule is CC(C)(C)OC(=O)NCCC1CCCN(c2cc(CC(N)=O)ccc2[N+](=O)[O-])C1. The molecule has 1 heterocycles. The van der Waals surface area contributed by atoms with Crippen LogP contribution in [0.5, 0.6) is 0 Å². The maximum atomic E-state index is 11.8. The summed E-state index contributed by atoms with van der Waals surface area (Å²) in [6, 6.07) is 4.68. The minimum absolute atomic E-state index is 0.0192. The number of nitrogens with one attached hydrogen (secondary N) is 1. The number of hydrogen-bond donors (Lipinski definition) is 2. The number of ether oxygens (including phenoxy) is 1. The number of amides is 2. The summed E-state index contributed by atoms with van der Waals surface area (Å²) in [6.07, 6.45) is 2.24. The van der Waals surface area contributed by atoms with E-state index in [0.29, 0.717) is 30.9 Å². The number of nitro benzene ring substituents is 1. The Bertz CT molecular complexity index is 760. The summed E-state index contributed by atoms with van der Waals surface area (Å²) in [7, 11) is 0. The Hall–Kier alpha value is -2.84. The van der Waals surface area contributed by atoms with Crippen molar-refractivity contribution in [3.05, 3.63) is 33.9 Å². The molecule has 2 amide bonds. The predicted molar refractivity (Wildman–Crippen MR) is 110 cm³/mol. The van der Waals surface area contributed by atoms with Gasteiger partial charge in [-0.1, -0.05) is 6.07 Å². The first-order valence-corrected chi connectivity index (χ1v) is 9.82. The normalized spacial score (nSPS) is 16.9. The van der Waals surface area contributed by atoms with Gasteiger partial charge in [0.1, 0.15) is 11.3 Å². The molecule has 3 N–H and O–H groups in total. The van der Waals surface area contributed by atoms with Crippen LogP contribution in [0.1, 0.15) is 45.6 Å². The van der Waals surface area contributed by atoms with E-state index >= 15 is 0 Å². The Labute approximate surface area is 170 Å². The summed E-state index contributed by atoms with van der Waals surface area (Å²) in [5, 5.41) is 14.2. The van der Waals surface area contributed by atoms with Crippen LogP contribution in [-0.2, 0) is 16.0 Å². The van der Waals surface area contributed by atoms with Gasteiger partial charge >= 0.3 is 6.09 Å². The Morgan fingerprint density at radius 2 is 2.10 bits per heavy atom. The van der Waals surface area contributed by atoms with Crippen LogP contribution in [0, 0.1) is 16.0 Å². The number of nitrogens with two attached hydrogens (primary N) is 1. The number of nitro groups is 1. The van der Waals surface area contributed by atoms with E-state index in [4.69, 9.17) is 10.5 Å². The van der Waals surface area contributed by atoms with Crippen molar-refractivity contribution in [2.45, 2.75) is 52.1 Å². The predicted octanol–water partition coefficient (Wildman–Crippen LogP) is 2.75. The molecule has 1 aliphatic heterocycles. The third-order valence-electron chi connectivity index (χ3n) is 4.70. The molecular weight excluding hydrogens is 376 g/mol. The number of primary amides is 1. The number of rotatable bonds is 7. The minimum atomic E-state index is -0.541. The lowest BCUT2D eigenvalue weighted by Crippen LogP contribution is -2.38. The summed E-state index contributed by atoms with van der Waals surface area (Å²) >= 11 is 0. The van der Waals surface area contributed by atoms with Crippen molar-refractivity contribution in [2.75, 3.05) is 24.5 Å². The highest BCUT2D eigenvalue weighted by molar-refractivity contribution is 5.78. The molecule has 1 aromatic rings. The van der Waals surface area contributed by atoms with Crippen LogP contribution in [0.4, 0.5) is 16.2 Å². The van der Waals surface area contributed by atoms with Crippen molar-refractivity contribution in [2.24, 2.45) is 11.7 Å².